The molecular weight excluding hydrogens is 314 g/mol. The molecule has 0 bridgehead atoms. The Morgan fingerprint density at radius 1 is 1.62 bits per heavy atom. The van der Waals surface area contributed by atoms with Crippen LogP contribution in [0.1, 0.15) is 11.3 Å². The van der Waals surface area contributed by atoms with Gasteiger partial charge in [0, 0.05) is 18.0 Å². The fourth-order valence-corrected chi connectivity index (χ4v) is 5.63. The molecule has 4 nitrogen and oxygen atoms in total. The highest BCUT2D eigenvalue weighted by Gasteiger charge is 2.33. The van der Waals surface area contributed by atoms with Gasteiger partial charge >= 0.3 is 0 Å². The Bertz CT molecular complexity index is 497. The summed E-state index contributed by atoms with van der Waals surface area (Å²) in [7, 11) is -3.43. The molecule has 0 aromatic carbocycles. The average Bonchev–Trinajstić information content (AvgIpc) is 2.73. The van der Waals surface area contributed by atoms with E-state index in [-0.39, 0.29) is 6.54 Å². The minimum Gasteiger partial charge on any atom is -0.392 e. The normalized spacial score (nSPS) is 22.8. The highest BCUT2D eigenvalue weighted by Crippen LogP contribution is 2.32. The van der Waals surface area contributed by atoms with Crippen LogP contribution in [0.2, 0.25) is 0 Å². The maximum atomic E-state index is 12.2. The second kappa shape index (κ2) is 4.38. The lowest BCUT2D eigenvalue weighted by molar-refractivity contribution is 0.189. The molecule has 0 radical (unpaired) electrons. The van der Waals surface area contributed by atoms with Gasteiger partial charge in [0.15, 0.2) is 0 Å². The fourth-order valence-electron chi connectivity index (χ4n) is 1.75. The second-order valence-electron chi connectivity index (χ2n) is 3.78. The van der Waals surface area contributed by atoms with E-state index in [0.29, 0.717) is 17.9 Å². The number of thiophene rings is 1. The molecule has 0 unspecified atom stereocenters. The van der Waals surface area contributed by atoms with Gasteiger partial charge in [-0.05, 0) is 35.3 Å². The Morgan fingerprint density at radius 2 is 2.31 bits per heavy atom. The Morgan fingerprint density at radius 3 is 2.75 bits per heavy atom. The quantitative estimate of drug-likeness (QED) is 0.898. The smallest absolute Gasteiger partial charge is 0.244 e. The lowest BCUT2D eigenvalue weighted by atomic mass is 10.3. The molecule has 0 amide bonds. The molecule has 90 valence electrons. The topological polar surface area (TPSA) is 57.6 Å². The van der Waals surface area contributed by atoms with Gasteiger partial charge in [-0.3, -0.25) is 0 Å². The maximum Gasteiger partial charge on any atom is 0.244 e. The third-order valence-corrected chi connectivity index (χ3v) is 6.26. The molecule has 1 aliphatic rings. The van der Waals surface area contributed by atoms with Crippen LogP contribution in [0.15, 0.2) is 14.7 Å². The van der Waals surface area contributed by atoms with Gasteiger partial charge in [0.25, 0.3) is 0 Å². The zero-order valence-electron chi connectivity index (χ0n) is 8.68. The largest absolute Gasteiger partial charge is 0.392 e. The molecule has 0 saturated carbocycles. The van der Waals surface area contributed by atoms with Crippen molar-refractivity contribution in [2.75, 3.05) is 13.1 Å². The van der Waals surface area contributed by atoms with Crippen molar-refractivity contribution in [2.45, 2.75) is 24.3 Å². The molecule has 0 aliphatic carbocycles. The zero-order chi connectivity index (χ0) is 11.9. The van der Waals surface area contributed by atoms with Gasteiger partial charge in [-0.2, -0.15) is 4.31 Å². The monoisotopic (exact) mass is 325 g/mol. The number of β-amino-alcohol motifs (C(OH)–C–C–N with tert-alkyl or cyclic N) is 1. The number of sulfonamides is 1. The second-order valence-corrected chi connectivity index (χ2v) is 8.32. The molecule has 0 spiro atoms. The van der Waals surface area contributed by atoms with Crippen LogP contribution < -0.4 is 0 Å². The highest BCUT2D eigenvalue weighted by molar-refractivity contribution is 9.11. The predicted octanol–water partition coefficient (Wildman–Crippen LogP) is 1.57. The van der Waals surface area contributed by atoms with E-state index in [1.54, 1.807) is 13.0 Å². The van der Waals surface area contributed by atoms with Crippen molar-refractivity contribution in [3.63, 3.8) is 0 Å². The van der Waals surface area contributed by atoms with Crippen molar-refractivity contribution in [1.82, 2.24) is 4.31 Å². The summed E-state index contributed by atoms with van der Waals surface area (Å²) in [6, 6.07) is 1.63. The van der Waals surface area contributed by atoms with E-state index in [4.69, 9.17) is 0 Å². The van der Waals surface area contributed by atoms with E-state index < -0.39 is 16.1 Å². The van der Waals surface area contributed by atoms with Crippen molar-refractivity contribution in [3.05, 3.63) is 14.7 Å². The SMILES string of the molecule is Cc1sc(Br)cc1S(=O)(=O)N1CC[C@@H](O)C1. The van der Waals surface area contributed by atoms with Crippen molar-refractivity contribution in [1.29, 1.82) is 0 Å². The first-order valence-electron chi connectivity index (χ1n) is 4.85. The molecule has 1 N–H and O–H groups in total. The third kappa shape index (κ3) is 2.19. The first-order valence-corrected chi connectivity index (χ1v) is 7.90. The van der Waals surface area contributed by atoms with E-state index in [9.17, 15) is 13.5 Å². The molecule has 2 heterocycles. The van der Waals surface area contributed by atoms with Crippen LogP contribution in [0.25, 0.3) is 0 Å². The maximum absolute atomic E-state index is 12.2. The fraction of sp³-hybridized carbons (Fsp3) is 0.556. The molecule has 1 aromatic heterocycles. The summed E-state index contributed by atoms with van der Waals surface area (Å²) >= 11 is 4.69. The standard InChI is InChI=1S/C9H12BrNO3S2/c1-6-8(4-9(10)15-6)16(13,14)11-3-2-7(12)5-11/h4,7,12H,2-3,5H2,1H3/t7-/m1/s1. The van der Waals surface area contributed by atoms with Gasteiger partial charge in [-0.1, -0.05) is 0 Å². The predicted molar refractivity (Wildman–Crippen MR) is 66.1 cm³/mol. The number of halogens is 1. The van der Waals surface area contributed by atoms with Crippen LogP contribution in [0.3, 0.4) is 0 Å². The summed E-state index contributed by atoms with van der Waals surface area (Å²) in [6.45, 7) is 2.39. The molecule has 1 saturated heterocycles. The van der Waals surface area contributed by atoms with E-state index in [1.165, 1.54) is 15.6 Å². The van der Waals surface area contributed by atoms with Crippen LogP contribution in [-0.4, -0.2) is 37.0 Å². The molecule has 16 heavy (non-hydrogen) atoms. The Kier molecular flexibility index (Phi) is 3.42. The van der Waals surface area contributed by atoms with Gasteiger partial charge in [-0.25, -0.2) is 8.42 Å². The molecule has 1 fully saturated rings. The minimum absolute atomic E-state index is 0.204. The number of hydrogen-bond acceptors (Lipinski definition) is 4. The summed E-state index contributed by atoms with van der Waals surface area (Å²) in [5.41, 5.74) is 0. The molecule has 1 atom stereocenters. The Balaban J connectivity index is 2.36. The van der Waals surface area contributed by atoms with Crippen LogP contribution in [-0.2, 0) is 10.0 Å². The molecule has 7 heteroatoms. The highest BCUT2D eigenvalue weighted by atomic mass is 79.9. The van der Waals surface area contributed by atoms with E-state index >= 15 is 0 Å². The van der Waals surface area contributed by atoms with Crippen LogP contribution in [0.5, 0.6) is 0 Å². The minimum atomic E-state index is -3.43. The zero-order valence-corrected chi connectivity index (χ0v) is 11.9. The first-order chi connectivity index (χ1) is 7.41. The van der Waals surface area contributed by atoms with Crippen molar-refractivity contribution >= 4 is 37.3 Å². The molecule has 1 aliphatic heterocycles. The van der Waals surface area contributed by atoms with Crippen molar-refractivity contribution in [3.8, 4) is 0 Å². The summed E-state index contributed by atoms with van der Waals surface area (Å²) in [5.74, 6) is 0. The van der Waals surface area contributed by atoms with Crippen LogP contribution in [0, 0.1) is 6.92 Å². The van der Waals surface area contributed by atoms with E-state index in [0.717, 1.165) is 8.66 Å². The molecule has 1 aromatic rings. The van der Waals surface area contributed by atoms with Gasteiger partial charge in [0.1, 0.15) is 0 Å². The number of aryl methyl sites for hydroxylation is 1. The first kappa shape index (κ1) is 12.5. The number of aliphatic hydroxyl groups is 1. The molecule has 2 rings (SSSR count). The Hall–Kier alpha value is 0.0500. The summed E-state index contributed by atoms with van der Waals surface area (Å²) in [6.07, 6.45) is -0.0130. The molecular formula is C9H12BrNO3S2. The van der Waals surface area contributed by atoms with E-state index in [2.05, 4.69) is 15.9 Å². The van der Waals surface area contributed by atoms with Crippen molar-refractivity contribution in [2.24, 2.45) is 0 Å². The summed E-state index contributed by atoms with van der Waals surface area (Å²) < 4.78 is 26.6. The number of rotatable bonds is 2. The number of aliphatic hydroxyl groups excluding tert-OH is 1. The average molecular weight is 326 g/mol. The number of hydrogen-bond donors (Lipinski definition) is 1. The van der Waals surface area contributed by atoms with E-state index in [1.807, 2.05) is 0 Å². The lowest BCUT2D eigenvalue weighted by Crippen LogP contribution is -2.29. The van der Waals surface area contributed by atoms with Gasteiger partial charge in [0.05, 0.1) is 14.8 Å². The van der Waals surface area contributed by atoms with Crippen LogP contribution >= 0.6 is 27.3 Å². The third-order valence-electron chi connectivity index (χ3n) is 2.59. The number of nitrogens with zero attached hydrogens (tertiary/aromatic N) is 1. The van der Waals surface area contributed by atoms with Crippen LogP contribution in [0.4, 0.5) is 0 Å². The van der Waals surface area contributed by atoms with Gasteiger partial charge in [-0.15, -0.1) is 11.3 Å². The van der Waals surface area contributed by atoms with Gasteiger partial charge in [0.2, 0.25) is 10.0 Å². The Labute approximate surface area is 107 Å². The summed E-state index contributed by atoms with van der Waals surface area (Å²) in [5, 5.41) is 9.37. The summed E-state index contributed by atoms with van der Waals surface area (Å²) in [4.78, 5) is 1.12. The lowest BCUT2D eigenvalue weighted by Gasteiger charge is -2.15. The van der Waals surface area contributed by atoms with Crippen molar-refractivity contribution < 1.29 is 13.5 Å². The van der Waals surface area contributed by atoms with Gasteiger partial charge < -0.3 is 5.11 Å².